The van der Waals surface area contributed by atoms with E-state index in [9.17, 15) is 4.79 Å². The van der Waals surface area contributed by atoms with Gasteiger partial charge in [0.2, 0.25) is 5.88 Å². The molecule has 4 rings (SSSR count). The summed E-state index contributed by atoms with van der Waals surface area (Å²) in [6.45, 7) is 4.70. The molecule has 0 saturated heterocycles. The van der Waals surface area contributed by atoms with Gasteiger partial charge in [0, 0.05) is 30.7 Å². The van der Waals surface area contributed by atoms with Gasteiger partial charge in [-0.15, -0.1) is 0 Å². The lowest BCUT2D eigenvalue weighted by Crippen LogP contribution is -2.16. The molecular weight excluding hydrogens is 392 g/mol. The zero-order chi connectivity index (χ0) is 21.8. The Balaban J connectivity index is 1.58. The fourth-order valence-corrected chi connectivity index (χ4v) is 3.58. The summed E-state index contributed by atoms with van der Waals surface area (Å²) in [4.78, 5) is 16.4. The number of nitrogens with zero attached hydrogens (tertiary/aromatic N) is 2. The number of carbonyl (C=O) groups is 1. The van der Waals surface area contributed by atoms with Crippen LogP contribution in [0.15, 0.2) is 48.7 Å². The minimum absolute atomic E-state index is 0.0866. The van der Waals surface area contributed by atoms with Gasteiger partial charge in [0.05, 0.1) is 30.4 Å². The number of rotatable bonds is 6. The summed E-state index contributed by atoms with van der Waals surface area (Å²) in [6, 6.07) is 14.9. The molecule has 0 aliphatic carbocycles. The van der Waals surface area contributed by atoms with Crippen molar-refractivity contribution in [2.24, 2.45) is 0 Å². The van der Waals surface area contributed by atoms with Crippen LogP contribution in [0.4, 0.5) is 0 Å². The molecule has 0 amide bonds. The standard InChI is InChI=1S/C25H22N2O4/c1-3-29-23-13-18(15-26)4-5-19(23)12-17-8-10-27-24(14-17)31-22-7-6-20-21(28)9-11-30-25(20)16(22)2/h4-8,10,13-14H,3,9,11-12H2,1-2H3. The second kappa shape index (κ2) is 8.88. The van der Waals surface area contributed by atoms with Crippen molar-refractivity contribution in [2.75, 3.05) is 13.2 Å². The molecule has 0 fully saturated rings. The fourth-order valence-electron chi connectivity index (χ4n) is 3.58. The predicted molar refractivity (Wildman–Crippen MR) is 115 cm³/mol. The van der Waals surface area contributed by atoms with E-state index in [1.54, 1.807) is 30.5 Å². The smallest absolute Gasteiger partial charge is 0.219 e. The van der Waals surface area contributed by atoms with Gasteiger partial charge in [0.25, 0.3) is 0 Å². The van der Waals surface area contributed by atoms with Gasteiger partial charge < -0.3 is 14.2 Å². The molecule has 0 radical (unpaired) electrons. The SMILES string of the molecule is CCOc1cc(C#N)ccc1Cc1ccnc(Oc2ccc3c(c2C)OCCC3=O)c1. The lowest BCUT2D eigenvalue weighted by atomic mass is 10.0. The monoisotopic (exact) mass is 414 g/mol. The lowest BCUT2D eigenvalue weighted by Gasteiger charge is -2.20. The number of fused-ring (bicyclic) bond motifs is 1. The summed E-state index contributed by atoms with van der Waals surface area (Å²) in [5.74, 6) is 2.43. The van der Waals surface area contributed by atoms with Gasteiger partial charge in [-0.1, -0.05) is 6.07 Å². The molecule has 0 spiro atoms. The molecule has 156 valence electrons. The predicted octanol–water partition coefficient (Wildman–Crippen LogP) is 5.01. The van der Waals surface area contributed by atoms with Crippen LogP contribution in [-0.4, -0.2) is 24.0 Å². The third-order valence-corrected chi connectivity index (χ3v) is 5.14. The van der Waals surface area contributed by atoms with Gasteiger partial charge in [-0.05, 0) is 55.3 Å². The zero-order valence-electron chi connectivity index (χ0n) is 17.5. The summed E-state index contributed by atoms with van der Waals surface area (Å²) in [6.07, 6.45) is 2.71. The second-order valence-corrected chi connectivity index (χ2v) is 7.24. The van der Waals surface area contributed by atoms with E-state index in [4.69, 9.17) is 19.5 Å². The Hall–Kier alpha value is -3.85. The molecule has 3 aromatic rings. The van der Waals surface area contributed by atoms with Crippen LogP contribution < -0.4 is 14.2 Å². The number of Topliss-reactive ketones (excluding diaryl/α,β-unsaturated/α-hetero) is 1. The van der Waals surface area contributed by atoms with E-state index in [2.05, 4.69) is 11.1 Å². The summed E-state index contributed by atoms with van der Waals surface area (Å²) in [5, 5.41) is 9.14. The van der Waals surface area contributed by atoms with Gasteiger partial charge in [-0.3, -0.25) is 4.79 Å². The number of hydrogen-bond acceptors (Lipinski definition) is 6. The van der Waals surface area contributed by atoms with E-state index >= 15 is 0 Å². The molecule has 2 heterocycles. The topological polar surface area (TPSA) is 81.4 Å². The van der Waals surface area contributed by atoms with Crippen LogP contribution in [-0.2, 0) is 6.42 Å². The molecule has 1 aromatic heterocycles. The van der Waals surface area contributed by atoms with Gasteiger partial charge in [0.1, 0.15) is 17.2 Å². The molecule has 6 nitrogen and oxygen atoms in total. The Labute approximate surface area is 181 Å². The minimum atomic E-state index is 0.0866. The number of ether oxygens (including phenoxy) is 3. The number of ketones is 1. The average molecular weight is 414 g/mol. The van der Waals surface area contributed by atoms with Crippen molar-refractivity contribution in [1.82, 2.24) is 4.98 Å². The normalized spacial score (nSPS) is 12.5. The number of hydrogen-bond donors (Lipinski definition) is 0. The highest BCUT2D eigenvalue weighted by Gasteiger charge is 2.22. The van der Waals surface area contributed by atoms with Crippen molar-refractivity contribution in [2.45, 2.75) is 26.7 Å². The quantitative estimate of drug-likeness (QED) is 0.564. The number of benzene rings is 2. The number of carbonyl (C=O) groups excluding carboxylic acids is 1. The summed E-state index contributed by atoms with van der Waals surface area (Å²) < 4.78 is 17.4. The zero-order valence-corrected chi connectivity index (χ0v) is 17.5. The van der Waals surface area contributed by atoms with E-state index < -0.39 is 0 Å². The summed E-state index contributed by atoms with van der Waals surface area (Å²) >= 11 is 0. The first-order valence-corrected chi connectivity index (χ1v) is 10.2. The van der Waals surface area contributed by atoms with Crippen LogP contribution in [0.2, 0.25) is 0 Å². The van der Waals surface area contributed by atoms with Crippen LogP contribution in [0, 0.1) is 18.3 Å². The highest BCUT2D eigenvalue weighted by atomic mass is 16.5. The van der Waals surface area contributed by atoms with Crippen molar-refractivity contribution in [1.29, 1.82) is 5.26 Å². The molecule has 1 aliphatic rings. The van der Waals surface area contributed by atoms with Crippen LogP contribution in [0.25, 0.3) is 0 Å². The van der Waals surface area contributed by atoms with Crippen LogP contribution in [0.3, 0.4) is 0 Å². The molecule has 1 aliphatic heterocycles. The van der Waals surface area contributed by atoms with Gasteiger partial charge >= 0.3 is 0 Å². The summed E-state index contributed by atoms with van der Waals surface area (Å²) in [5.41, 5.74) is 3.92. The Morgan fingerprint density at radius 2 is 2.03 bits per heavy atom. The van der Waals surface area contributed by atoms with Crippen molar-refractivity contribution >= 4 is 5.78 Å². The maximum Gasteiger partial charge on any atom is 0.219 e. The molecule has 6 heteroatoms. The Morgan fingerprint density at radius 1 is 1.16 bits per heavy atom. The van der Waals surface area contributed by atoms with Crippen LogP contribution >= 0.6 is 0 Å². The maximum absolute atomic E-state index is 12.1. The minimum Gasteiger partial charge on any atom is -0.494 e. The molecule has 2 aromatic carbocycles. The number of nitriles is 1. The first-order chi connectivity index (χ1) is 15.1. The van der Waals surface area contributed by atoms with E-state index in [1.807, 2.05) is 32.0 Å². The number of pyridine rings is 1. The average Bonchev–Trinajstić information content (AvgIpc) is 2.78. The molecule has 0 saturated carbocycles. The van der Waals surface area contributed by atoms with E-state index in [0.717, 1.165) is 16.7 Å². The first-order valence-electron chi connectivity index (χ1n) is 10.2. The Morgan fingerprint density at radius 3 is 2.84 bits per heavy atom. The van der Waals surface area contributed by atoms with Crippen molar-refractivity contribution < 1.29 is 19.0 Å². The highest BCUT2D eigenvalue weighted by Crippen LogP contribution is 2.36. The number of aromatic nitrogens is 1. The fraction of sp³-hybridized carbons (Fsp3) is 0.240. The van der Waals surface area contributed by atoms with Gasteiger partial charge in [-0.2, -0.15) is 5.26 Å². The Kier molecular flexibility index (Phi) is 5.85. The van der Waals surface area contributed by atoms with Crippen LogP contribution in [0.5, 0.6) is 23.1 Å². The molecular formula is C25H22N2O4. The first kappa shape index (κ1) is 20.4. The van der Waals surface area contributed by atoms with E-state index in [1.165, 1.54) is 0 Å². The van der Waals surface area contributed by atoms with Gasteiger partial charge in [-0.25, -0.2) is 4.98 Å². The largest absolute Gasteiger partial charge is 0.494 e. The molecule has 0 atom stereocenters. The lowest BCUT2D eigenvalue weighted by molar-refractivity contribution is 0.0932. The third kappa shape index (κ3) is 4.36. The summed E-state index contributed by atoms with van der Waals surface area (Å²) in [7, 11) is 0. The van der Waals surface area contributed by atoms with Crippen molar-refractivity contribution in [3.63, 3.8) is 0 Å². The van der Waals surface area contributed by atoms with Crippen molar-refractivity contribution in [3.05, 3.63) is 76.5 Å². The van der Waals surface area contributed by atoms with E-state index in [-0.39, 0.29) is 5.78 Å². The van der Waals surface area contributed by atoms with Gasteiger partial charge in [0.15, 0.2) is 5.78 Å². The second-order valence-electron chi connectivity index (χ2n) is 7.24. The molecule has 0 bridgehead atoms. The third-order valence-electron chi connectivity index (χ3n) is 5.14. The van der Waals surface area contributed by atoms with Crippen LogP contribution in [0.1, 0.15) is 46.0 Å². The highest BCUT2D eigenvalue weighted by molar-refractivity contribution is 6.00. The van der Waals surface area contributed by atoms with Crippen molar-refractivity contribution in [3.8, 4) is 29.2 Å². The molecule has 0 N–H and O–H groups in total. The maximum atomic E-state index is 12.1. The molecule has 31 heavy (non-hydrogen) atoms. The Bertz CT molecular complexity index is 1180. The van der Waals surface area contributed by atoms with E-state index in [0.29, 0.717) is 60.3 Å². The molecule has 0 unspecified atom stereocenters.